The van der Waals surface area contributed by atoms with Crippen LogP contribution in [0.2, 0.25) is 0 Å². The van der Waals surface area contributed by atoms with E-state index in [1.807, 2.05) is 0 Å². The molecule has 11 heteroatoms. The van der Waals surface area contributed by atoms with E-state index in [9.17, 15) is 37.1 Å². The zero-order valence-corrected chi connectivity index (χ0v) is 15.0. The molecule has 0 aliphatic rings. The van der Waals surface area contributed by atoms with Gasteiger partial charge in [0.2, 0.25) is 0 Å². The summed E-state index contributed by atoms with van der Waals surface area (Å²) in [6, 6.07) is 6.98. The lowest BCUT2D eigenvalue weighted by Gasteiger charge is -2.09. The molecule has 0 spiro atoms. The van der Waals surface area contributed by atoms with Crippen LogP contribution in [0.4, 0.5) is 18.9 Å². The highest BCUT2D eigenvalue weighted by molar-refractivity contribution is 7.85. The van der Waals surface area contributed by atoms with Gasteiger partial charge in [0.25, 0.3) is 5.69 Å². The maximum absolute atomic E-state index is 12.7. The second-order valence-corrected chi connectivity index (χ2v) is 6.90. The minimum absolute atomic E-state index is 0.0499. The van der Waals surface area contributed by atoms with Crippen LogP contribution in [0.5, 0.6) is 5.75 Å². The number of ketones is 1. The van der Waals surface area contributed by atoms with Crippen molar-refractivity contribution < 1.29 is 36.6 Å². The Kier molecular flexibility index (Phi) is 6.29. The minimum atomic E-state index is -4.81. The number of carbonyl (C=O) groups is 2. The molecule has 0 N–H and O–H groups in total. The normalized spacial score (nSPS) is 12.3. The monoisotopic (exact) mass is 415 g/mol. The van der Waals surface area contributed by atoms with E-state index >= 15 is 0 Å². The summed E-state index contributed by atoms with van der Waals surface area (Å²) < 4.78 is 55.3. The molecule has 1 unspecified atom stereocenters. The number of halogens is 3. The fourth-order valence-corrected chi connectivity index (χ4v) is 3.15. The van der Waals surface area contributed by atoms with Crippen LogP contribution in [-0.2, 0) is 21.8 Å². The summed E-state index contributed by atoms with van der Waals surface area (Å²) in [6.45, 7) is 1.35. The van der Waals surface area contributed by atoms with Gasteiger partial charge in [-0.05, 0) is 43.3 Å². The fraction of sp³-hybridized carbons (Fsp3) is 0.176. The van der Waals surface area contributed by atoms with Crippen molar-refractivity contribution in [2.75, 3.05) is 5.75 Å². The Morgan fingerprint density at radius 3 is 2.25 bits per heavy atom. The van der Waals surface area contributed by atoms with Crippen LogP contribution in [0.3, 0.4) is 0 Å². The van der Waals surface area contributed by atoms with Crippen LogP contribution in [-0.4, -0.2) is 26.6 Å². The SMILES string of the molecule is CC(=O)c1ccc(OC(=O)CS(=O)c2ccc(C(F)(F)F)cc2[N+](=O)[O-])cc1. The van der Waals surface area contributed by atoms with Crippen molar-refractivity contribution in [1.29, 1.82) is 0 Å². The fourth-order valence-electron chi connectivity index (χ4n) is 2.13. The maximum Gasteiger partial charge on any atom is 0.416 e. The number of benzene rings is 2. The molecule has 0 saturated carbocycles. The molecule has 2 aromatic rings. The number of hydrogen-bond donors (Lipinski definition) is 0. The number of nitrogens with zero attached hydrogens (tertiary/aromatic N) is 1. The largest absolute Gasteiger partial charge is 0.426 e. The molecular weight excluding hydrogens is 403 g/mol. The van der Waals surface area contributed by atoms with E-state index < -0.39 is 49.8 Å². The number of carbonyl (C=O) groups excluding carboxylic acids is 2. The number of rotatable bonds is 6. The molecule has 0 aliphatic heterocycles. The van der Waals surface area contributed by atoms with E-state index in [0.29, 0.717) is 17.7 Å². The molecular formula is C17H12F3NO6S. The number of hydrogen-bond acceptors (Lipinski definition) is 6. The Balaban J connectivity index is 2.16. The summed E-state index contributed by atoms with van der Waals surface area (Å²) in [7, 11) is -2.30. The van der Waals surface area contributed by atoms with Crippen LogP contribution in [0, 0.1) is 10.1 Å². The van der Waals surface area contributed by atoms with Crippen molar-refractivity contribution in [3.05, 3.63) is 63.7 Å². The molecule has 2 aromatic carbocycles. The summed E-state index contributed by atoms with van der Waals surface area (Å²) in [5.41, 5.74) is -1.90. The van der Waals surface area contributed by atoms with Crippen molar-refractivity contribution in [2.45, 2.75) is 18.0 Å². The van der Waals surface area contributed by atoms with Gasteiger partial charge in [-0.1, -0.05) is 0 Å². The van der Waals surface area contributed by atoms with Gasteiger partial charge in [0.05, 0.1) is 21.3 Å². The third kappa shape index (κ3) is 5.22. The molecule has 2 rings (SSSR count). The summed E-state index contributed by atoms with van der Waals surface area (Å²) >= 11 is 0. The van der Waals surface area contributed by atoms with E-state index in [1.165, 1.54) is 31.2 Å². The zero-order valence-electron chi connectivity index (χ0n) is 14.2. The van der Waals surface area contributed by atoms with Gasteiger partial charge >= 0.3 is 12.1 Å². The van der Waals surface area contributed by atoms with Gasteiger partial charge < -0.3 is 4.74 Å². The Bertz CT molecular complexity index is 956. The van der Waals surface area contributed by atoms with Crippen LogP contribution >= 0.6 is 0 Å². The van der Waals surface area contributed by atoms with E-state index in [4.69, 9.17) is 4.74 Å². The number of alkyl halides is 3. The third-order valence-corrected chi connectivity index (χ3v) is 4.80. The first-order valence-corrected chi connectivity index (χ1v) is 8.86. The van der Waals surface area contributed by atoms with E-state index in [-0.39, 0.29) is 17.6 Å². The second-order valence-electron chi connectivity index (χ2n) is 5.48. The van der Waals surface area contributed by atoms with Gasteiger partial charge in [0.1, 0.15) is 16.4 Å². The lowest BCUT2D eigenvalue weighted by atomic mass is 10.1. The minimum Gasteiger partial charge on any atom is -0.426 e. The van der Waals surface area contributed by atoms with E-state index in [2.05, 4.69) is 0 Å². The standard InChI is InChI=1S/C17H12F3NO6S/c1-10(22)11-2-5-13(6-3-11)27-16(23)9-28(26)15-7-4-12(17(18,19)20)8-14(15)21(24)25/h2-8H,9H2,1H3. The van der Waals surface area contributed by atoms with E-state index in [1.54, 1.807) is 0 Å². The molecule has 0 amide bonds. The quantitative estimate of drug-likeness (QED) is 0.235. The smallest absolute Gasteiger partial charge is 0.416 e. The summed E-state index contributed by atoms with van der Waals surface area (Å²) in [5.74, 6) is -1.97. The number of esters is 1. The van der Waals surface area contributed by atoms with Gasteiger partial charge in [-0.25, -0.2) is 0 Å². The molecule has 0 fully saturated rings. The maximum atomic E-state index is 12.7. The first-order valence-electron chi connectivity index (χ1n) is 7.54. The van der Waals surface area contributed by atoms with Crippen LogP contribution in [0.25, 0.3) is 0 Å². The van der Waals surface area contributed by atoms with Gasteiger partial charge in [-0.3, -0.25) is 23.9 Å². The van der Waals surface area contributed by atoms with Crippen LogP contribution in [0.15, 0.2) is 47.4 Å². The Morgan fingerprint density at radius 2 is 1.75 bits per heavy atom. The molecule has 0 radical (unpaired) electrons. The van der Waals surface area contributed by atoms with Crippen LogP contribution in [0.1, 0.15) is 22.8 Å². The molecule has 0 saturated heterocycles. The van der Waals surface area contributed by atoms with Crippen molar-refractivity contribution in [2.24, 2.45) is 0 Å². The molecule has 7 nitrogen and oxygen atoms in total. The van der Waals surface area contributed by atoms with Crippen LogP contribution < -0.4 is 4.74 Å². The average Bonchev–Trinajstić information content (AvgIpc) is 2.60. The summed E-state index contributed by atoms with van der Waals surface area (Å²) in [6.07, 6.45) is -4.81. The Hall–Kier alpha value is -3.08. The van der Waals surface area contributed by atoms with Crippen molar-refractivity contribution in [3.8, 4) is 5.75 Å². The number of ether oxygens (including phenoxy) is 1. The highest BCUT2D eigenvalue weighted by atomic mass is 32.2. The van der Waals surface area contributed by atoms with Crippen molar-refractivity contribution in [1.82, 2.24) is 0 Å². The van der Waals surface area contributed by atoms with Crippen molar-refractivity contribution >= 4 is 28.2 Å². The van der Waals surface area contributed by atoms with Crippen molar-refractivity contribution in [3.63, 3.8) is 0 Å². The topological polar surface area (TPSA) is 104 Å². The molecule has 0 heterocycles. The highest BCUT2D eigenvalue weighted by Gasteiger charge is 2.34. The van der Waals surface area contributed by atoms with E-state index in [0.717, 1.165) is 0 Å². The van der Waals surface area contributed by atoms with Gasteiger partial charge in [-0.2, -0.15) is 13.2 Å². The van der Waals surface area contributed by atoms with Gasteiger partial charge in [0, 0.05) is 11.6 Å². The molecule has 1 atom stereocenters. The molecule has 0 aromatic heterocycles. The molecule has 28 heavy (non-hydrogen) atoms. The summed E-state index contributed by atoms with van der Waals surface area (Å²) in [5, 5.41) is 11.0. The zero-order chi connectivity index (χ0) is 21.1. The first kappa shape index (κ1) is 21.2. The number of Topliss-reactive ketones (excluding diaryl/α,β-unsaturated/α-hetero) is 1. The second kappa shape index (κ2) is 8.30. The Labute approximate surface area is 158 Å². The third-order valence-electron chi connectivity index (χ3n) is 3.47. The predicted octanol–water partition coefficient (Wildman–Crippen LogP) is 3.53. The highest BCUT2D eigenvalue weighted by Crippen LogP contribution is 2.34. The number of nitro groups is 1. The summed E-state index contributed by atoms with van der Waals surface area (Å²) in [4.78, 5) is 32.5. The lowest BCUT2D eigenvalue weighted by Crippen LogP contribution is -2.18. The molecule has 148 valence electrons. The number of nitro benzene ring substituents is 1. The van der Waals surface area contributed by atoms with Gasteiger partial charge in [-0.15, -0.1) is 0 Å². The van der Waals surface area contributed by atoms with Gasteiger partial charge in [0.15, 0.2) is 5.78 Å². The molecule has 0 bridgehead atoms. The lowest BCUT2D eigenvalue weighted by molar-refractivity contribution is -0.388. The molecule has 0 aliphatic carbocycles. The average molecular weight is 415 g/mol. The first-order chi connectivity index (χ1) is 13.0. The predicted molar refractivity (Wildman–Crippen MR) is 91.5 cm³/mol. The Morgan fingerprint density at radius 1 is 1.14 bits per heavy atom.